The summed E-state index contributed by atoms with van der Waals surface area (Å²) in [5.41, 5.74) is 0. The van der Waals surface area contributed by atoms with Crippen LogP contribution in [0.25, 0.3) is 0 Å². The second-order valence-electron chi connectivity index (χ2n) is 5.51. The lowest BCUT2D eigenvalue weighted by Gasteiger charge is -2.14. The maximum Gasteiger partial charge on any atom is 0.263 e. The summed E-state index contributed by atoms with van der Waals surface area (Å²) in [6.45, 7) is -0.186. The predicted molar refractivity (Wildman–Crippen MR) is 90.1 cm³/mol. The molecule has 1 atom stereocenters. The van der Waals surface area contributed by atoms with Gasteiger partial charge in [0.05, 0.1) is 23.7 Å². The zero-order valence-corrected chi connectivity index (χ0v) is 14.3. The smallest absolute Gasteiger partial charge is 0.263 e. The number of ether oxygens (including phenoxy) is 1. The lowest BCUT2D eigenvalue weighted by molar-refractivity contribution is -0.118. The van der Waals surface area contributed by atoms with Crippen molar-refractivity contribution in [3.63, 3.8) is 0 Å². The van der Waals surface area contributed by atoms with Gasteiger partial charge in [-0.1, -0.05) is 17.7 Å². The molecule has 1 fully saturated rings. The molecule has 24 heavy (non-hydrogen) atoms. The summed E-state index contributed by atoms with van der Waals surface area (Å²) in [6, 6.07) is 8.12. The summed E-state index contributed by atoms with van der Waals surface area (Å²) in [7, 11) is -3.03. The molecule has 1 aromatic heterocycles. The van der Waals surface area contributed by atoms with Crippen LogP contribution in [0.3, 0.4) is 0 Å². The van der Waals surface area contributed by atoms with E-state index in [0.717, 1.165) is 0 Å². The standard InChI is InChI=1S/C15H16ClN3O4S/c16-11-2-1-3-13(8-11)23-9-15(20)18-14-4-6-17-19(14)12-5-7-24(21,22)10-12/h1-4,6,8,12H,5,7,9-10H2,(H,18,20). The van der Waals surface area contributed by atoms with E-state index >= 15 is 0 Å². The number of halogens is 1. The van der Waals surface area contributed by atoms with Crippen LogP contribution in [-0.2, 0) is 14.6 Å². The minimum absolute atomic E-state index is 0.0383. The van der Waals surface area contributed by atoms with Crippen LogP contribution in [0.5, 0.6) is 5.75 Å². The molecule has 1 saturated heterocycles. The summed E-state index contributed by atoms with van der Waals surface area (Å²) >= 11 is 5.85. The van der Waals surface area contributed by atoms with Crippen molar-refractivity contribution in [2.75, 3.05) is 23.4 Å². The third-order valence-electron chi connectivity index (χ3n) is 3.66. The Morgan fingerprint density at radius 2 is 2.25 bits per heavy atom. The molecule has 0 spiro atoms. The summed E-state index contributed by atoms with van der Waals surface area (Å²) in [5, 5.41) is 7.34. The SMILES string of the molecule is O=C(COc1cccc(Cl)c1)Nc1ccnn1C1CCS(=O)(=O)C1. The molecule has 2 heterocycles. The highest BCUT2D eigenvalue weighted by Gasteiger charge is 2.30. The minimum atomic E-state index is -3.03. The van der Waals surface area contributed by atoms with Crippen molar-refractivity contribution < 1.29 is 17.9 Å². The van der Waals surface area contributed by atoms with Crippen LogP contribution in [-0.4, -0.2) is 42.2 Å². The number of sulfone groups is 1. The van der Waals surface area contributed by atoms with E-state index in [1.165, 1.54) is 6.20 Å². The van der Waals surface area contributed by atoms with Gasteiger partial charge in [0.2, 0.25) is 0 Å². The average molecular weight is 370 g/mol. The van der Waals surface area contributed by atoms with Crippen molar-refractivity contribution in [1.29, 1.82) is 0 Å². The Morgan fingerprint density at radius 1 is 1.42 bits per heavy atom. The van der Waals surface area contributed by atoms with Gasteiger partial charge in [0, 0.05) is 11.1 Å². The Balaban J connectivity index is 1.60. The zero-order chi connectivity index (χ0) is 17.2. The number of nitrogens with zero attached hydrogens (tertiary/aromatic N) is 2. The number of nitrogens with one attached hydrogen (secondary N) is 1. The van der Waals surface area contributed by atoms with E-state index in [0.29, 0.717) is 23.0 Å². The van der Waals surface area contributed by atoms with Crippen molar-refractivity contribution in [3.8, 4) is 5.75 Å². The van der Waals surface area contributed by atoms with Gasteiger partial charge in [0.1, 0.15) is 11.6 Å². The van der Waals surface area contributed by atoms with E-state index in [4.69, 9.17) is 16.3 Å². The molecule has 2 aromatic rings. The van der Waals surface area contributed by atoms with Crippen molar-refractivity contribution >= 4 is 33.2 Å². The number of anilines is 1. The number of aromatic nitrogens is 2. The van der Waals surface area contributed by atoms with Gasteiger partial charge in [0.25, 0.3) is 5.91 Å². The van der Waals surface area contributed by atoms with Crippen LogP contribution in [0.2, 0.25) is 5.02 Å². The molecule has 1 N–H and O–H groups in total. The normalized spacial score (nSPS) is 19.1. The second kappa shape index (κ2) is 6.82. The lowest BCUT2D eigenvalue weighted by Crippen LogP contribution is -2.23. The number of rotatable bonds is 5. The van der Waals surface area contributed by atoms with Crippen LogP contribution >= 0.6 is 11.6 Å². The Morgan fingerprint density at radius 3 is 2.96 bits per heavy atom. The molecule has 0 radical (unpaired) electrons. The van der Waals surface area contributed by atoms with Crippen LogP contribution in [0.15, 0.2) is 36.5 Å². The highest BCUT2D eigenvalue weighted by Crippen LogP contribution is 2.26. The average Bonchev–Trinajstić information content (AvgIpc) is 3.11. The van der Waals surface area contributed by atoms with E-state index in [2.05, 4.69) is 10.4 Å². The van der Waals surface area contributed by atoms with E-state index in [9.17, 15) is 13.2 Å². The Kier molecular flexibility index (Phi) is 4.77. The lowest BCUT2D eigenvalue weighted by atomic mass is 10.3. The van der Waals surface area contributed by atoms with Crippen LogP contribution in [0, 0.1) is 0 Å². The third-order valence-corrected chi connectivity index (χ3v) is 5.64. The van der Waals surface area contributed by atoms with Gasteiger partial charge in [-0.2, -0.15) is 5.10 Å². The zero-order valence-electron chi connectivity index (χ0n) is 12.7. The molecule has 1 unspecified atom stereocenters. The molecule has 128 valence electrons. The summed E-state index contributed by atoms with van der Waals surface area (Å²) < 4.78 is 30.1. The van der Waals surface area contributed by atoms with Gasteiger partial charge < -0.3 is 10.1 Å². The topological polar surface area (TPSA) is 90.3 Å². The second-order valence-corrected chi connectivity index (χ2v) is 8.18. The third kappa shape index (κ3) is 4.07. The quantitative estimate of drug-likeness (QED) is 0.869. The predicted octanol–water partition coefficient (Wildman–Crippen LogP) is 1.91. The Bertz CT molecular complexity index is 850. The first-order valence-corrected chi connectivity index (χ1v) is 9.55. The number of hydrogen-bond acceptors (Lipinski definition) is 5. The van der Waals surface area contributed by atoms with Crippen molar-refractivity contribution in [2.45, 2.75) is 12.5 Å². The molecule has 7 nitrogen and oxygen atoms in total. The van der Waals surface area contributed by atoms with E-state index in [1.54, 1.807) is 35.0 Å². The minimum Gasteiger partial charge on any atom is -0.484 e. The molecule has 0 aliphatic carbocycles. The molecule has 0 saturated carbocycles. The van der Waals surface area contributed by atoms with E-state index < -0.39 is 9.84 Å². The van der Waals surface area contributed by atoms with Gasteiger partial charge in [-0.3, -0.25) is 4.79 Å². The maximum atomic E-state index is 12.0. The fourth-order valence-corrected chi connectivity index (χ4v) is 4.43. The van der Waals surface area contributed by atoms with Crippen molar-refractivity contribution in [3.05, 3.63) is 41.6 Å². The molecule has 1 amide bonds. The number of amides is 1. The fourth-order valence-electron chi connectivity index (χ4n) is 2.56. The molecule has 9 heteroatoms. The van der Waals surface area contributed by atoms with E-state index in [-0.39, 0.29) is 30.1 Å². The number of benzene rings is 1. The highest BCUT2D eigenvalue weighted by atomic mass is 35.5. The molecule has 1 aliphatic heterocycles. The summed E-state index contributed by atoms with van der Waals surface area (Å²) in [5.74, 6) is 0.765. The first-order valence-electron chi connectivity index (χ1n) is 7.35. The van der Waals surface area contributed by atoms with Crippen molar-refractivity contribution in [2.24, 2.45) is 0 Å². The maximum absolute atomic E-state index is 12.0. The molecule has 1 aliphatic rings. The Labute approximate surface area is 144 Å². The number of carbonyl (C=O) groups is 1. The van der Waals surface area contributed by atoms with Gasteiger partial charge in [-0.15, -0.1) is 0 Å². The van der Waals surface area contributed by atoms with Crippen LogP contribution in [0.1, 0.15) is 12.5 Å². The fraction of sp³-hybridized carbons (Fsp3) is 0.333. The first-order chi connectivity index (χ1) is 11.4. The molecular formula is C15H16ClN3O4S. The largest absolute Gasteiger partial charge is 0.484 e. The van der Waals surface area contributed by atoms with Crippen molar-refractivity contribution in [1.82, 2.24) is 9.78 Å². The van der Waals surface area contributed by atoms with Gasteiger partial charge >= 0.3 is 0 Å². The van der Waals surface area contributed by atoms with Gasteiger partial charge in [-0.25, -0.2) is 13.1 Å². The summed E-state index contributed by atoms with van der Waals surface area (Å²) in [6.07, 6.45) is 2.02. The van der Waals surface area contributed by atoms with Gasteiger partial charge in [0.15, 0.2) is 16.4 Å². The van der Waals surface area contributed by atoms with Crippen LogP contribution in [0.4, 0.5) is 5.82 Å². The molecule has 3 rings (SSSR count). The number of carbonyl (C=O) groups excluding carboxylic acids is 1. The van der Waals surface area contributed by atoms with Crippen LogP contribution < -0.4 is 10.1 Å². The first kappa shape index (κ1) is 16.8. The van der Waals surface area contributed by atoms with Gasteiger partial charge in [-0.05, 0) is 24.6 Å². The molecule has 1 aromatic carbocycles. The highest BCUT2D eigenvalue weighted by molar-refractivity contribution is 7.91. The van der Waals surface area contributed by atoms with E-state index in [1.807, 2.05) is 0 Å². The molecule has 0 bridgehead atoms. The molecular weight excluding hydrogens is 354 g/mol. The number of hydrogen-bond donors (Lipinski definition) is 1. The summed E-state index contributed by atoms with van der Waals surface area (Å²) in [4.78, 5) is 12.0. The monoisotopic (exact) mass is 369 g/mol. The Hall–Kier alpha value is -2.06.